The van der Waals surface area contributed by atoms with Crippen LogP contribution in [0.25, 0.3) is 0 Å². The van der Waals surface area contributed by atoms with Crippen molar-refractivity contribution in [2.45, 2.75) is 160 Å². The van der Waals surface area contributed by atoms with E-state index in [0.29, 0.717) is 51.4 Å². The fourth-order valence-electron chi connectivity index (χ4n) is 10.5. The van der Waals surface area contributed by atoms with Gasteiger partial charge in [0.15, 0.2) is 0 Å². The minimum Gasteiger partial charge on any atom is -0.489 e. The molecule has 12 atom stereocenters. The van der Waals surface area contributed by atoms with Crippen LogP contribution >= 0.6 is 0 Å². The van der Waals surface area contributed by atoms with E-state index in [4.69, 9.17) is 24.4 Å². The summed E-state index contributed by atoms with van der Waals surface area (Å²) in [4.78, 5) is 48.0. The summed E-state index contributed by atoms with van der Waals surface area (Å²) in [6, 6.07) is 12.0. The number of carbonyl (C=O) groups excluding carboxylic acids is 2. The van der Waals surface area contributed by atoms with E-state index in [-0.39, 0.29) is 79.1 Å². The second-order valence-corrected chi connectivity index (χ2v) is 19.4. The van der Waals surface area contributed by atoms with Gasteiger partial charge in [-0.05, 0) is 81.9 Å². The molecule has 0 radical (unpaired) electrons. The van der Waals surface area contributed by atoms with Crippen LogP contribution in [0.5, 0.6) is 11.5 Å². The molecule has 378 valence electrons. The van der Waals surface area contributed by atoms with Crippen molar-refractivity contribution in [1.29, 1.82) is 0 Å². The highest BCUT2D eigenvalue weighted by Gasteiger charge is 2.50. The molecule has 3 fully saturated rings. The number of carbonyl (C=O) groups is 4. The van der Waals surface area contributed by atoms with Gasteiger partial charge in [0, 0.05) is 92.3 Å². The van der Waals surface area contributed by atoms with Crippen LogP contribution in [0.4, 0.5) is 4.79 Å². The van der Waals surface area contributed by atoms with Crippen molar-refractivity contribution < 1.29 is 58.9 Å². The topological polar surface area (TPSA) is 212 Å². The molecule has 0 bridgehead atoms. The summed E-state index contributed by atoms with van der Waals surface area (Å²) in [6.07, 6.45) is 13.2. The number of aliphatic hydroxyl groups is 3. The van der Waals surface area contributed by atoms with Gasteiger partial charge in [-0.1, -0.05) is 68.5 Å². The van der Waals surface area contributed by atoms with Gasteiger partial charge in [-0.3, -0.25) is 14.4 Å². The number of amides is 2. The highest BCUT2D eigenvalue weighted by atomic mass is 16.6. The van der Waals surface area contributed by atoms with Crippen LogP contribution < -0.4 is 14.8 Å². The Labute approximate surface area is 412 Å². The molecule has 14 heteroatoms. The van der Waals surface area contributed by atoms with Gasteiger partial charge < -0.3 is 50.0 Å². The maximum atomic E-state index is 12.9. The van der Waals surface area contributed by atoms with Crippen molar-refractivity contribution in [2.24, 2.45) is 23.7 Å². The van der Waals surface area contributed by atoms with Crippen LogP contribution in [0, 0.1) is 47.4 Å². The number of nitrogens with zero attached hydrogens (tertiary/aromatic N) is 1. The molecular weight excluding hydrogens is 893 g/mol. The van der Waals surface area contributed by atoms with E-state index < -0.39 is 36.4 Å². The van der Waals surface area contributed by atoms with Crippen molar-refractivity contribution in [3.63, 3.8) is 0 Å². The van der Waals surface area contributed by atoms with Gasteiger partial charge in [-0.2, -0.15) is 0 Å². The quantitative estimate of drug-likeness (QED) is 0.0604. The maximum absolute atomic E-state index is 12.9. The average molecular weight is 965 g/mol. The van der Waals surface area contributed by atoms with E-state index in [1.165, 1.54) is 0 Å². The van der Waals surface area contributed by atoms with E-state index in [0.717, 1.165) is 66.1 Å². The molecule has 2 amide bonds. The van der Waals surface area contributed by atoms with Crippen molar-refractivity contribution in [2.75, 3.05) is 19.6 Å². The number of fused-ring (bicyclic) bond motifs is 6. The Bertz CT molecular complexity index is 2320. The maximum Gasteiger partial charge on any atom is 0.410 e. The standard InChI is InChI=1S/C30H39NO6.C26H33NO6/c1-3-4-10-20(2)25(37-30(35)31-17-6-5-7-18-31)16-15-22-24(32)19-26-28(22)23-13-8-11-21(29(23)36-26)12-9-14-27(33)34;1-3-4-7-16(2)20(28)13-12-18-21(29)14-22-25(18)19-10-5-8-17(26(19)33-22)9-6-11-23(30)27-15-24(31)32/h8,11,13,15-16,20,22,24-26,28,32H,5-7,9-10,12,14,17-19H2,1-2H3,(H,33,34);5,8,10,12-13,16,18,20-22,25,28-29H,6-7,9,11,14-15H2,1-2H3,(H,27,30)(H,31,32)/b16-15+;13-12+/t20-,22-,24+,25+,26-,28-;16-,18-,20+,21+,22-,25-/m00/s1. The second-order valence-electron chi connectivity index (χ2n) is 19.4. The third-order valence-electron chi connectivity index (χ3n) is 14.4. The Morgan fingerprint density at radius 2 is 1.29 bits per heavy atom. The molecule has 1 saturated heterocycles. The zero-order chi connectivity index (χ0) is 50.3. The number of aryl methyl sites for hydroxylation is 2. The predicted octanol–water partition coefficient (Wildman–Crippen LogP) is 7.32. The Morgan fingerprint density at radius 3 is 1.81 bits per heavy atom. The number of nitrogens with one attached hydrogen (secondary N) is 1. The van der Waals surface area contributed by atoms with Crippen LogP contribution in [0.2, 0.25) is 0 Å². The summed E-state index contributed by atoms with van der Waals surface area (Å²) < 4.78 is 18.6. The molecule has 2 saturated carbocycles. The van der Waals surface area contributed by atoms with Gasteiger partial charge >= 0.3 is 18.0 Å². The summed E-state index contributed by atoms with van der Waals surface area (Å²) >= 11 is 0. The Hall–Kier alpha value is -5.80. The normalized spacial score (nSPS) is 25.4. The van der Waals surface area contributed by atoms with Crippen LogP contribution in [0.3, 0.4) is 0 Å². The Morgan fingerprint density at radius 1 is 0.757 bits per heavy atom. The highest BCUT2D eigenvalue weighted by Crippen LogP contribution is 2.53. The number of carboxylic acids is 2. The van der Waals surface area contributed by atoms with Gasteiger partial charge in [0.1, 0.15) is 36.4 Å². The molecule has 70 heavy (non-hydrogen) atoms. The minimum atomic E-state index is -1.06. The third-order valence-corrected chi connectivity index (χ3v) is 14.4. The molecule has 14 nitrogen and oxygen atoms in total. The van der Waals surface area contributed by atoms with Crippen LogP contribution in [-0.2, 0) is 32.0 Å². The first-order chi connectivity index (χ1) is 33.7. The van der Waals surface area contributed by atoms with E-state index >= 15 is 0 Å². The number of para-hydroxylation sites is 2. The molecule has 6 N–H and O–H groups in total. The molecule has 2 aromatic carbocycles. The SMILES string of the molecule is CC#CC[C@H](C)[C@@H](/C=C/[C@@H]1[C@H]2c3cccc(CCCC(=O)O)c3O[C@H]2C[C@H]1O)OC(=O)N1CCCCC1.CC#CC[C@H](C)[C@H](O)/C=C/[C@@H]1[C@H]2c3cccc(CCCC(=O)NCC(=O)O)c3O[C@H]2C[C@H]1O. The summed E-state index contributed by atoms with van der Waals surface area (Å²) in [7, 11) is 0. The lowest BCUT2D eigenvalue weighted by Gasteiger charge is -2.29. The van der Waals surface area contributed by atoms with Crippen molar-refractivity contribution >= 4 is 23.9 Å². The first-order valence-corrected chi connectivity index (χ1v) is 25.1. The molecule has 0 aromatic heterocycles. The van der Waals surface area contributed by atoms with E-state index in [2.05, 4.69) is 29.0 Å². The number of benzene rings is 2. The molecule has 3 aliphatic heterocycles. The molecule has 5 aliphatic rings. The molecule has 2 aliphatic carbocycles. The Kier molecular flexibility index (Phi) is 19.8. The monoisotopic (exact) mass is 965 g/mol. The van der Waals surface area contributed by atoms with E-state index in [1.807, 2.05) is 68.5 Å². The third kappa shape index (κ3) is 14.0. The molecule has 3 heterocycles. The average Bonchev–Trinajstić information content (AvgIpc) is 4.07. The zero-order valence-electron chi connectivity index (χ0n) is 41.1. The summed E-state index contributed by atoms with van der Waals surface area (Å²) in [5.74, 6) is 11.1. The first-order valence-electron chi connectivity index (χ1n) is 25.1. The van der Waals surface area contributed by atoms with E-state index in [9.17, 15) is 34.5 Å². The van der Waals surface area contributed by atoms with Crippen molar-refractivity contribution in [3.05, 3.63) is 83.0 Å². The second kappa shape index (κ2) is 25.9. The van der Waals surface area contributed by atoms with Gasteiger partial charge in [0.05, 0.1) is 18.3 Å². The van der Waals surface area contributed by atoms with Crippen molar-refractivity contribution in [3.8, 4) is 35.2 Å². The fraction of sp³-hybridized carbons (Fsp3) is 0.571. The van der Waals surface area contributed by atoms with Gasteiger partial charge in [0.25, 0.3) is 0 Å². The molecule has 0 spiro atoms. The number of aliphatic carboxylic acids is 2. The summed E-state index contributed by atoms with van der Waals surface area (Å²) in [5.41, 5.74) is 4.15. The smallest absolute Gasteiger partial charge is 0.410 e. The zero-order valence-corrected chi connectivity index (χ0v) is 41.1. The Balaban J connectivity index is 0.000000231. The number of aliphatic hydroxyl groups excluding tert-OH is 3. The number of hydrogen-bond donors (Lipinski definition) is 6. The molecule has 7 rings (SSSR count). The predicted molar refractivity (Wildman–Crippen MR) is 264 cm³/mol. The van der Waals surface area contributed by atoms with Crippen LogP contribution in [0.15, 0.2) is 60.7 Å². The lowest BCUT2D eigenvalue weighted by Crippen LogP contribution is -2.39. The highest BCUT2D eigenvalue weighted by molar-refractivity contribution is 5.81. The van der Waals surface area contributed by atoms with Crippen LogP contribution in [-0.4, -0.2) is 111 Å². The summed E-state index contributed by atoms with van der Waals surface area (Å²) in [6.45, 7) is 8.66. The van der Waals surface area contributed by atoms with Gasteiger partial charge in [-0.15, -0.1) is 23.7 Å². The molecule has 2 aromatic rings. The van der Waals surface area contributed by atoms with Gasteiger partial charge in [-0.25, -0.2) is 4.79 Å². The number of ether oxygens (including phenoxy) is 3. The fourth-order valence-corrected chi connectivity index (χ4v) is 10.5. The van der Waals surface area contributed by atoms with Gasteiger partial charge in [0.2, 0.25) is 5.91 Å². The number of rotatable bonds is 19. The molecule has 0 unspecified atom stereocenters. The summed E-state index contributed by atoms with van der Waals surface area (Å²) in [5, 5.41) is 52.0. The molecular formula is C56H72N2O12. The van der Waals surface area contributed by atoms with Crippen LogP contribution in [0.1, 0.15) is 132 Å². The number of carboxylic acid groups (broad SMARTS) is 2. The number of hydrogen-bond acceptors (Lipinski definition) is 10. The number of likely N-dealkylation sites (tertiary alicyclic amines) is 1. The van der Waals surface area contributed by atoms with E-state index in [1.54, 1.807) is 24.8 Å². The minimum absolute atomic E-state index is 0.00450. The largest absolute Gasteiger partial charge is 0.489 e. The lowest BCUT2D eigenvalue weighted by molar-refractivity contribution is -0.138. The first kappa shape index (κ1) is 53.5. The number of piperidine rings is 1. The van der Waals surface area contributed by atoms with Crippen molar-refractivity contribution in [1.82, 2.24) is 10.2 Å². The lowest BCUT2D eigenvalue weighted by atomic mass is 9.86.